The average molecular weight is 385 g/mol. The molecule has 2 aromatic rings. The number of rotatable bonds is 3. The Morgan fingerprint density at radius 2 is 1.96 bits per heavy atom. The molecule has 0 bridgehead atoms. The van der Waals surface area contributed by atoms with Crippen LogP contribution in [0.15, 0.2) is 42.5 Å². The highest BCUT2D eigenvalue weighted by Crippen LogP contribution is 2.34. The number of hydrogen-bond acceptors (Lipinski definition) is 3. The molecule has 0 unspecified atom stereocenters. The second-order valence-electron chi connectivity index (χ2n) is 5.48. The van der Waals surface area contributed by atoms with E-state index >= 15 is 0 Å². The molecule has 0 saturated heterocycles. The molecule has 9 heteroatoms. The minimum Gasteiger partial charge on any atom is -0.482 e. The molecule has 0 aliphatic carbocycles. The molecule has 0 atom stereocenters. The Hall–Kier alpha value is -2.74. The number of halogens is 4. The smallest absolute Gasteiger partial charge is 0.416 e. The zero-order valence-electron chi connectivity index (χ0n) is 13.1. The van der Waals surface area contributed by atoms with Crippen molar-refractivity contribution in [3.63, 3.8) is 0 Å². The van der Waals surface area contributed by atoms with Gasteiger partial charge in [0.1, 0.15) is 12.3 Å². The van der Waals surface area contributed by atoms with Crippen molar-refractivity contribution in [1.82, 2.24) is 0 Å². The third-order valence-corrected chi connectivity index (χ3v) is 3.99. The van der Waals surface area contributed by atoms with Crippen molar-refractivity contribution in [2.45, 2.75) is 6.18 Å². The van der Waals surface area contributed by atoms with Crippen molar-refractivity contribution in [2.75, 3.05) is 23.4 Å². The summed E-state index contributed by atoms with van der Waals surface area (Å²) in [6.45, 7) is -0.526. The van der Waals surface area contributed by atoms with Crippen molar-refractivity contribution in [1.29, 1.82) is 0 Å². The van der Waals surface area contributed by atoms with E-state index in [9.17, 15) is 22.8 Å². The third-order valence-electron chi connectivity index (χ3n) is 3.68. The van der Waals surface area contributed by atoms with E-state index in [0.29, 0.717) is 11.4 Å². The molecule has 3 rings (SSSR count). The van der Waals surface area contributed by atoms with Crippen molar-refractivity contribution in [2.24, 2.45) is 0 Å². The molecule has 26 heavy (non-hydrogen) atoms. The van der Waals surface area contributed by atoms with E-state index < -0.39 is 23.6 Å². The highest BCUT2D eigenvalue weighted by molar-refractivity contribution is 6.33. The van der Waals surface area contributed by atoms with Crippen LogP contribution in [-0.4, -0.2) is 25.0 Å². The Labute approximate surface area is 151 Å². The minimum absolute atomic E-state index is 0.0265. The maximum Gasteiger partial charge on any atom is 0.416 e. The summed E-state index contributed by atoms with van der Waals surface area (Å²) in [7, 11) is 0. The topological polar surface area (TPSA) is 58.6 Å². The molecule has 136 valence electrons. The molecular weight excluding hydrogens is 373 g/mol. The van der Waals surface area contributed by atoms with Gasteiger partial charge in [0.25, 0.3) is 5.91 Å². The van der Waals surface area contributed by atoms with Gasteiger partial charge in [-0.15, -0.1) is 0 Å². The van der Waals surface area contributed by atoms with Crippen LogP contribution in [0.25, 0.3) is 0 Å². The van der Waals surface area contributed by atoms with E-state index in [0.717, 1.165) is 18.2 Å². The normalized spacial score (nSPS) is 13.8. The Balaban J connectivity index is 1.75. The Morgan fingerprint density at radius 1 is 1.23 bits per heavy atom. The number of carbonyl (C=O) groups excluding carboxylic acids is 2. The lowest BCUT2D eigenvalue weighted by atomic mass is 10.2. The maximum atomic E-state index is 12.7. The number of nitrogens with one attached hydrogen (secondary N) is 1. The van der Waals surface area contributed by atoms with E-state index in [1.165, 1.54) is 4.90 Å². The summed E-state index contributed by atoms with van der Waals surface area (Å²) in [4.78, 5) is 25.5. The van der Waals surface area contributed by atoms with E-state index in [-0.39, 0.29) is 23.9 Å². The van der Waals surface area contributed by atoms with Gasteiger partial charge >= 0.3 is 6.18 Å². The fourth-order valence-electron chi connectivity index (χ4n) is 2.45. The summed E-state index contributed by atoms with van der Waals surface area (Å²) in [5.74, 6) is -0.540. The van der Waals surface area contributed by atoms with Crippen LogP contribution in [-0.2, 0) is 15.8 Å². The number of hydrogen-bond donors (Lipinski definition) is 1. The maximum absolute atomic E-state index is 12.7. The summed E-state index contributed by atoms with van der Waals surface area (Å²) in [6.07, 6.45) is -4.53. The number of amides is 2. The first-order valence-electron chi connectivity index (χ1n) is 7.44. The van der Waals surface area contributed by atoms with Crippen LogP contribution >= 0.6 is 11.6 Å². The molecule has 0 fully saturated rings. The molecule has 0 aromatic heterocycles. The van der Waals surface area contributed by atoms with Gasteiger partial charge in [-0.3, -0.25) is 14.5 Å². The van der Waals surface area contributed by atoms with E-state index in [2.05, 4.69) is 5.32 Å². The number of benzene rings is 2. The molecular formula is C17H12ClF3N2O3. The predicted molar refractivity (Wildman–Crippen MR) is 89.4 cm³/mol. The third kappa shape index (κ3) is 3.75. The Kier molecular flexibility index (Phi) is 4.78. The molecule has 1 aliphatic rings. The van der Waals surface area contributed by atoms with Crippen molar-refractivity contribution in [3.8, 4) is 5.75 Å². The second kappa shape index (κ2) is 6.87. The zero-order chi connectivity index (χ0) is 18.9. The molecule has 1 heterocycles. The summed E-state index contributed by atoms with van der Waals surface area (Å²) in [5.41, 5.74) is -0.450. The first-order chi connectivity index (χ1) is 12.3. The molecule has 1 N–H and O–H groups in total. The minimum atomic E-state index is -4.53. The van der Waals surface area contributed by atoms with E-state index in [1.807, 2.05) is 0 Å². The second-order valence-corrected chi connectivity index (χ2v) is 5.88. The van der Waals surface area contributed by atoms with Gasteiger partial charge in [-0.2, -0.15) is 13.2 Å². The lowest BCUT2D eigenvalue weighted by Crippen LogP contribution is -2.43. The number of para-hydroxylation sites is 2. The fourth-order valence-corrected chi connectivity index (χ4v) is 2.68. The molecule has 1 aliphatic heterocycles. The molecule has 0 radical (unpaired) electrons. The fraction of sp³-hybridized carbons (Fsp3) is 0.176. The summed E-state index contributed by atoms with van der Waals surface area (Å²) in [5, 5.41) is 2.17. The number of anilines is 2. The predicted octanol–water partition coefficient (Wildman–Crippen LogP) is 3.72. The van der Waals surface area contributed by atoms with Gasteiger partial charge in [0, 0.05) is 0 Å². The van der Waals surface area contributed by atoms with E-state index in [1.54, 1.807) is 24.3 Å². The Morgan fingerprint density at radius 3 is 2.65 bits per heavy atom. The van der Waals surface area contributed by atoms with Crippen molar-refractivity contribution < 1.29 is 27.5 Å². The van der Waals surface area contributed by atoms with Crippen LogP contribution in [0.3, 0.4) is 0 Å². The van der Waals surface area contributed by atoms with E-state index in [4.69, 9.17) is 16.3 Å². The van der Waals surface area contributed by atoms with Gasteiger partial charge < -0.3 is 10.1 Å². The van der Waals surface area contributed by atoms with Crippen LogP contribution in [0.4, 0.5) is 24.5 Å². The van der Waals surface area contributed by atoms with Crippen LogP contribution in [0.1, 0.15) is 5.56 Å². The van der Waals surface area contributed by atoms with Gasteiger partial charge in [-0.05, 0) is 30.3 Å². The van der Waals surface area contributed by atoms with Gasteiger partial charge in [0.05, 0.1) is 22.0 Å². The number of ether oxygens (including phenoxy) is 1. The van der Waals surface area contributed by atoms with Crippen LogP contribution in [0.5, 0.6) is 5.75 Å². The zero-order valence-corrected chi connectivity index (χ0v) is 13.9. The van der Waals surface area contributed by atoms with Crippen LogP contribution in [0.2, 0.25) is 5.02 Å². The highest BCUT2D eigenvalue weighted by atomic mass is 35.5. The number of fused-ring (bicyclic) bond motifs is 1. The summed E-state index contributed by atoms with van der Waals surface area (Å²) >= 11 is 5.82. The first kappa shape index (κ1) is 18.1. The number of nitrogens with zero attached hydrogens (tertiary/aromatic N) is 1. The van der Waals surface area contributed by atoms with Gasteiger partial charge in [0.15, 0.2) is 6.61 Å². The Bertz CT molecular complexity index is 871. The lowest BCUT2D eigenvalue weighted by molar-refractivity contribution is -0.137. The molecule has 2 amide bonds. The summed E-state index contributed by atoms with van der Waals surface area (Å²) in [6, 6.07) is 9.33. The first-order valence-corrected chi connectivity index (χ1v) is 7.82. The summed E-state index contributed by atoms with van der Waals surface area (Å²) < 4.78 is 43.2. The van der Waals surface area contributed by atoms with Crippen molar-refractivity contribution >= 4 is 34.8 Å². The molecule has 0 spiro atoms. The van der Waals surface area contributed by atoms with Crippen LogP contribution < -0.4 is 15.0 Å². The monoisotopic (exact) mass is 384 g/mol. The van der Waals surface area contributed by atoms with Gasteiger partial charge in [-0.1, -0.05) is 23.7 Å². The quantitative estimate of drug-likeness (QED) is 0.877. The SMILES string of the molecule is O=C(CN1C(=O)COc2ccccc21)Nc1ccc(C(F)(F)F)cc1Cl. The number of alkyl halides is 3. The molecule has 2 aromatic carbocycles. The highest BCUT2D eigenvalue weighted by Gasteiger charge is 2.31. The van der Waals surface area contributed by atoms with Gasteiger partial charge in [-0.25, -0.2) is 0 Å². The molecule has 0 saturated carbocycles. The molecule has 5 nitrogen and oxygen atoms in total. The average Bonchev–Trinajstić information content (AvgIpc) is 2.58. The number of carbonyl (C=O) groups is 2. The van der Waals surface area contributed by atoms with Gasteiger partial charge in [0.2, 0.25) is 5.91 Å². The van der Waals surface area contributed by atoms with Crippen molar-refractivity contribution in [3.05, 3.63) is 53.1 Å². The van der Waals surface area contributed by atoms with Crippen LogP contribution in [0, 0.1) is 0 Å². The largest absolute Gasteiger partial charge is 0.482 e. The lowest BCUT2D eigenvalue weighted by Gasteiger charge is -2.28. The standard InChI is InChI=1S/C17H12ClF3N2O3/c18-11-7-10(17(19,20)21)5-6-12(11)22-15(24)8-23-13-3-1-2-4-14(13)26-9-16(23)25/h1-7H,8-9H2,(H,22,24).